The molecular formula is C27H24O. The fourth-order valence-corrected chi connectivity index (χ4v) is 3.85. The van der Waals surface area contributed by atoms with E-state index in [1.807, 2.05) is 12.1 Å². The van der Waals surface area contributed by atoms with Crippen molar-refractivity contribution in [2.24, 2.45) is 0 Å². The van der Waals surface area contributed by atoms with Crippen molar-refractivity contribution >= 4 is 17.2 Å². The van der Waals surface area contributed by atoms with Crippen LogP contribution in [0.2, 0.25) is 0 Å². The molecule has 28 heavy (non-hydrogen) atoms. The minimum absolute atomic E-state index is 0.875. The first kappa shape index (κ1) is 18.1. The van der Waals surface area contributed by atoms with E-state index in [0.717, 1.165) is 11.3 Å². The molecule has 4 rings (SSSR count). The molecule has 0 saturated heterocycles. The van der Waals surface area contributed by atoms with Gasteiger partial charge in [0.1, 0.15) is 5.75 Å². The second kappa shape index (κ2) is 7.74. The second-order valence-corrected chi connectivity index (χ2v) is 7.18. The summed E-state index contributed by atoms with van der Waals surface area (Å²) in [5, 5.41) is 0. The Labute approximate surface area is 167 Å². The van der Waals surface area contributed by atoms with Gasteiger partial charge in [0.05, 0.1) is 7.11 Å². The van der Waals surface area contributed by atoms with Crippen LogP contribution in [0.4, 0.5) is 0 Å². The van der Waals surface area contributed by atoms with Crippen molar-refractivity contribution in [1.29, 1.82) is 0 Å². The van der Waals surface area contributed by atoms with E-state index in [-0.39, 0.29) is 0 Å². The monoisotopic (exact) mass is 364 g/mol. The van der Waals surface area contributed by atoms with Gasteiger partial charge in [-0.1, -0.05) is 84.5 Å². The summed E-state index contributed by atoms with van der Waals surface area (Å²) in [6.45, 7) is 4.39. The zero-order valence-electron chi connectivity index (χ0n) is 16.6. The van der Waals surface area contributed by atoms with Crippen LogP contribution >= 0.6 is 0 Å². The number of ether oxygens (including phenoxy) is 1. The van der Waals surface area contributed by atoms with Gasteiger partial charge in [-0.3, -0.25) is 0 Å². The van der Waals surface area contributed by atoms with Gasteiger partial charge in [-0.15, -0.1) is 0 Å². The average Bonchev–Trinajstić information content (AvgIpc) is 3.07. The van der Waals surface area contributed by atoms with Crippen molar-refractivity contribution in [1.82, 2.24) is 0 Å². The average molecular weight is 364 g/mol. The Balaban J connectivity index is 1.89. The Morgan fingerprint density at radius 1 is 0.714 bits per heavy atom. The summed E-state index contributed by atoms with van der Waals surface area (Å²) in [5.74, 6) is 0.875. The summed E-state index contributed by atoms with van der Waals surface area (Å²) < 4.78 is 5.27. The van der Waals surface area contributed by atoms with E-state index in [1.54, 1.807) is 7.11 Å². The van der Waals surface area contributed by atoms with Crippen molar-refractivity contribution in [3.8, 4) is 5.75 Å². The third kappa shape index (κ3) is 3.32. The molecule has 0 unspecified atom stereocenters. The first-order valence-electron chi connectivity index (χ1n) is 9.58. The van der Waals surface area contributed by atoms with Crippen LogP contribution in [0.3, 0.4) is 0 Å². The third-order valence-electron chi connectivity index (χ3n) is 5.13. The summed E-state index contributed by atoms with van der Waals surface area (Å²) in [6.07, 6.45) is 4.44. The SMILES string of the molecule is COc1ccc(/C=C/C2=C(c3ccccc3)c3ccccc3C2=C(C)C)cc1. The molecule has 0 spiro atoms. The highest BCUT2D eigenvalue weighted by molar-refractivity contribution is 6.07. The van der Waals surface area contributed by atoms with Crippen LogP contribution < -0.4 is 4.74 Å². The maximum Gasteiger partial charge on any atom is 0.118 e. The van der Waals surface area contributed by atoms with Gasteiger partial charge in [0.25, 0.3) is 0 Å². The number of rotatable bonds is 4. The standard InChI is InChI=1S/C27H24O/c1-19(2)26-23-11-7-8-12-24(23)27(21-9-5-4-6-10-21)25(26)18-15-20-13-16-22(28-3)17-14-20/h4-18H,1-3H3/b18-15+. The predicted octanol–water partition coefficient (Wildman–Crippen LogP) is 7.02. The largest absolute Gasteiger partial charge is 0.497 e. The van der Waals surface area contributed by atoms with Gasteiger partial charge in [-0.2, -0.15) is 0 Å². The molecule has 0 bridgehead atoms. The van der Waals surface area contributed by atoms with E-state index in [9.17, 15) is 0 Å². The highest BCUT2D eigenvalue weighted by Gasteiger charge is 2.26. The Hall–Kier alpha value is -3.32. The van der Waals surface area contributed by atoms with Gasteiger partial charge in [-0.25, -0.2) is 0 Å². The maximum atomic E-state index is 5.27. The molecule has 0 atom stereocenters. The first-order valence-corrected chi connectivity index (χ1v) is 9.58. The minimum Gasteiger partial charge on any atom is -0.497 e. The van der Waals surface area contributed by atoms with Crippen molar-refractivity contribution in [3.63, 3.8) is 0 Å². The molecule has 0 amide bonds. The summed E-state index contributed by atoms with van der Waals surface area (Å²) in [7, 11) is 1.69. The molecule has 1 heteroatoms. The van der Waals surface area contributed by atoms with Crippen LogP contribution in [-0.2, 0) is 0 Å². The summed E-state index contributed by atoms with van der Waals surface area (Å²) in [6, 6.07) is 27.6. The van der Waals surface area contributed by atoms with Crippen molar-refractivity contribution in [3.05, 3.63) is 118 Å². The number of hydrogen-bond acceptors (Lipinski definition) is 1. The van der Waals surface area contributed by atoms with E-state index in [0.29, 0.717) is 0 Å². The van der Waals surface area contributed by atoms with Gasteiger partial charge in [-0.05, 0) is 65.0 Å². The van der Waals surface area contributed by atoms with E-state index in [2.05, 4.69) is 92.7 Å². The topological polar surface area (TPSA) is 9.23 Å². The Morgan fingerprint density at radius 3 is 2.00 bits per heavy atom. The van der Waals surface area contributed by atoms with Crippen LogP contribution in [-0.4, -0.2) is 7.11 Å². The fraction of sp³-hybridized carbons (Fsp3) is 0.111. The molecule has 3 aromatic carbocycles. The second-order valence-electron chi connectivity index (χ2n) is 7.18. The lowest BCUT2D eigenvalue weighted by molar-refractivity contribution is 0.415. The van der Waals surface area contributed by atoms with Gasteiger partial charge in [0.15, 0.2) is 0 Å². The van der Waals surface area contributed by atoms with Crippen LogP contribution in [0.5, 0.6) is 5.75 Å². The summed E-state index contributed by atoms with van der Waals surface area (Å²) in [5.41, 5.74) is 10.3. The Bertz CT molecular complexity index is 1080. The molecule has 3 aromatic rings. The molecule has 1 nitrogen and oxygen atoms in total. The zero-order valence-corrected chi connectivity index (χ0v) is 16.6. The number of allylic oxidation sites excluding steroid dienone is 4. The molecule has 0 aromatic heterocycles. The maximum absolute atomic E-state index is 5.27. The number of methoxy groups -OCH3 is 1. The van der Waals surface area contributed by atoms with Gasteiger partial charge < -0.3 is 4.74 Å². The van der Waals surface area contributed by atoms with Crippen LogP contribution in [0.1, 0.15) is 36.1 Å². The highest BCUT2D eigenvalue weighted by atomic mass is 16.5. The fourth-order valence-electron chi connectivity index (χ4n) is 3.85. The molecule has 0 saturated carbocycles. The van der Waals surface area contributed by atoms with Crippen molar-refractivity contribution < 1.29 is 4.74 Å². The molecule has 138 valence electrons. The summed E-state index contributed by atoms with van der Waals surface area (Å²) >= 11 is 0. The lowest BCUT2D eigenvalue weighted by atomic mass is 9.96. The first-order chi connectivity index (χ1) is 13.7. The Kier molecular flexibility index (Phi) is 4.99. The van der Waals surface area contributed by atoms with Gasteiger partial charge >= 0.3 is 0 Å². The molecule has 0 radical (unpaired) electrons. The van der Waals surface area contributed by atoms with E-state index < -0.39 is 0 Å². The van der Waals surface area contributed by atoms with E-state index in [1.165, 1.54) is 39.0 Å². The molecular weight excluding hydrogens is 340 g/mol. The van der Waals surface area contributed by atoms with Crippen LogP contribution in [0.25, 0.3) is 17.2 Å². The molecule has 1 aliphatic carbocycles. The van der Waals surface area contributed by atoms with Crippen molar-refractivity contribution in [2.45, 2.75) is 13.8 Å². The van der Waals surface area contributed by atoms with Crippen molar-refractivity contribution in [2.75, 3.05) is 7.11 Å². The van der Waals surface area contributed by atoms with Gasteiger partial charge in [0.2, 0.25) is 0 Å². The highest BCUT2D eigenvalue weighted by Crippen LogP contribution is 2.46. The Morgan fingerprint density at radius 2 is 1.36 bits per heavy atom. The molecule has 0 heterocycles. The lowest BCUT2D eigenvalue weighted by Crippen LogP contribution is -1.87. The number of hydrogen-bond donors (Lipinski definition) is 0. The molecule has 1 aliphatic rings. The van der Waals surface area contributed by atoms with Crippen LogP contribution in [0.15, 0.2) is 96.1 Å². The van der Waals surface area contributed by atoms with Crippen LogP contribution in [0, 0.1) is 0 Å². The lowest BCUT2D eigenvalue weighted by Gasteiger charge is -2.08. The third-order valence-corrected chi connectivity index (χ3v) is 5.13. The number of benzene rings is 3. The minimum atomic E-state index is 0.875. The smallest absolute Gasteiger partial charge is 0.118 e. The number of fused-ring (bicyclic) bond motifs is 1. The molecule has 0 aliphatic heterocycles. The quantitative estimate of drug-likeness (QED) is 0.483. The summed E-state index contributed by atoms with van der Waals surface area (Å²) in [4.78, 5) is 0. The van der Waals surface area contributed by atoms with E-state index >= 15 is 0 Å². The molecule has 0 fully saturated rings. The van der Waals surface area contributed by atoms with Gasteiger partial charge in [0, 0.05) is 0 Å². The normalized spacial score (nSPS) is 13.2. The zero-order chi connectivity index (χ0) is 19.5. The predicted molar refractivity (Wildman–Crippen MR) is 119 cm³/mol. The molecule has 0 N–H and O–H groups in total. The van der Waals surface area contributed by atoms with E-state index in [4.69, 9.17) is 4.74 Å².